The van der Waals surface area contributed by atoms with Crippen LogP contribution >= 0.6 is 23.2 Å². The number of hydrogen-bond acceptors (Lipinski definition) is 6. The summed E-state index contributed by atoms with van der Waals surface area (Å²) in [5, 5.41) is -0.695. The van der Waals surface area contributed by atoms with Gasteiger partial charge in [0, 0.05) is 12.4 Å². The van der Waals surface area contributed by atoms with Crippen LogP contribution in [0.3, 0.4) is 0 Å². The summed E-state index contributed by atoms with van der Waals surface area (Å²) in [5.41, 5.74) is 3.57. The molecule has 0 unspecified atom stereocenters. The Morgan fingerprint density at radius 1 is 1.10 bits per heavy atom. The average molecular weight is 491 g/mol. The Labute approximate surface area is 184 Å². The minimum atomic E-state index is -4.88. The van der Waals surface area contributed by atoms with Gasteiger partial charge in [-0.3, -0.25) is 9.52 Å². The van der Waals surface area contributed by atoms with Crippen molar-refractivity contribution >= 4 is 50.5 Å². The molecule has 0 aliphatic carbocycles. The first-order valence-corrected chi connectivity index (χ1v) is 10.4. The summed E-state index contributed by atoms with van der Waals surface area (Å²) in [5.74, 6) is -0.891. The summed E-state index contributed by atoms with van der Waals surface area (Å²) < 4.78 is 66.8. The number of alkyl halides is 3. The smallest absolute Gasteiger partial charge is 0.383 e. The van der Waals surface area contributed by atoms with Crippen LogP contribution in [0, 0.1) is 0 Å². The van der Waals surface area contributed by atoms with E-state index in [-0.39, 0.29) is 27.8 Å². The number of rotatable bonds is 5. The number of hydrogen-bond donors (Lipinski definition) is 2. The molecule has 0 bridgehead atoms. The Morgan fingerprint density at radius 2 is 1.81 bits per heavy atom. The van der Waals surface area contributed by atoms with Crippen LogP contribution in [-0.2, 0) is 16.2 Å². The van der Waals surface area contributed by atoms with Crippen molar-refractivity contribution in [2.75, 3.05) is 10.5 Å². The van der Waals surface area contributed by atoms with Crippen LogP contribution < -0.4 is 10.5 Å². The van der Waals surface area contributed by atoms with Crippen molar-refractivity contribution in [3.05, 3.63) is 75.7 Å². The molecule has 0 fully saturated rings. The van der Waals surface area contributed by atoms with Crippen molar-refractivity contribution in [2.45, 2.75) is 11.1 Å². The Bertz CT molecular complexity index is 1280. The molecule has 31 heavy (non-hydrogen) atoms. The van der Waals surface area contributed by atoms with Crippen molar-refractivity contribution in [3.63, 3.8) is 0 Å². The fraction of sp³-hybridized carbons (Fsp3) is 0.0556. The van der Waals surface area contributed by atoms with E-state index in [1.807, 2.05) is 4.72 Å². The van der Waals surface area contributed by atoms with E-state index in [2.05, 4.69) is 9.97 Å². The van der Waals surface area contributed by atoms with Gasteiger partial charge in [0.05, 0.1) is 31.8 Å². The number of halogens is 5. The Hall–Kier alpha value is -2.89. The van der Waals surface area contributed by atoms with Crippen LogP contribution in [0.15, 0.2) is 53.7 Å². The quantitative estimate of drug-likeness (QED) is 0.511. The molecule has 162 valence electrons. The molecule has 0 saturated carbocycles. The Balaban J connectivity index is 2.06. The number of benzene rings is 1. The van der Waals surface area contributed by atoms with Crippen LogP contribution in [-0.4, -0.2) is 24.2 Å². The van der Waals surface area contributed by atoms with E-state index >= 15 is 0 Å². The minimum Gasteiger partial charge on any atom is -0.383 e. The number of sulfonamides is 1. The molecule has 7 nitrogen and oxygen atoms in total. The minimum absolute atomic E-state index is 0.0273. The number of carbonyl (C=O) groups excluding carboxylic acids is 1. The van der Waals surface area contributed by atoms with E-state index in [1.165, 1.54) is 18.3 Å². The maximum absolute atomic E-state index is 13.1. The van der Waals surface area contributed by atoms with Gasteiger partial charge in [0.25, 0.3) is 10.0 Å². The number of ketones is 1. The Kier molecular flexibility index (Phi) is 6.12. The van der Waals surface area contributed by atoms with Gasteiger partial charge in [-0.25, -0.2) is 18.4 Å². The highest BCUT2D eigenvalue weighted by atomic mass is 35.5. The zero-order chi connectivity index (χ0) is 23.0. The second-order valence-electron chi connectivity index (χ2n) is 6.06. The Morgan fingerprint density at radius 3 is 2.45 bits per heavy atom. The lowest BCUT2D eigenvalue weighted by atomic mass is 10.1. The van der Waals surface area contributed by atoms with Gasteiger partial charge in [0.15, 0.2) is 0 Å². The molecule has 0 spiro atoms. The second kappa shape index (κ2) is 8.33. The van der Waals surface area contributed by atoms with Gasteiger partial charge in [-0.05, 0) is 36.4 Å². The van der Waals surface area contributed by atoms with Gasteiger partial charge >= 0.3 is 6.18 Å². The third kappa shape index (κ3) is 4.89. The number of anilines is 2. The molecule has 3 rings (SSSR count). The monoisotopic (exact) mass is 490 g/mol. The molecule has 0 saturated heterocycles. The molecule has 0 amide bonds. The lowest BCUT2D eigenvalue weighted by molar-refractivity contribution is -0.137. The van der Waals surface area contributed by atoms with Crippen molar-refractivity contribution < 1.29 is 26.4 Å². The molecule has 3 N–H and O–H groups in total. The van der Waals surface area contributed by atoms with Crippen LogP contribution in [0.2, 0.25) is 10.0 Å². The first-order valence-electron chi connectivity index (χ1n) is 8.20. The fourth-order valence-electron chi connectivity index (χ4n) is 2.53. The van der Waals surface area contributed by atoms with Crippen LogP contribution in [0.5, 0.6) is 0 Å². The van der Waals surface area contributed by atoms with Gasteiger partial charge in [0.2, 0.25) is 5.78 Å². The number of nitrogens with one attached hydrogen (secondary N) is 1. The zero-order valence-corrected chi connectivity index (χ0v) is 17.4. The predicted octanol–water partition coefficient (Wildman–Crippen LogP) is 4.42. The van der Waals surface area contributed by atoms with Crippen molar-refractivity contribution in [1.29, 1.82) is 0 Å². The number of nitrogens with two attached hydrogens (primary N) is 1. The summed E-state index contributed by atoms with van der Waals surface area (Å²) in [7, 11) is -4.58. The molecule has 0 radical (unpaired) electrons. The third-order valence-electron chi connectivity index (χ3n) is 3.95. The highest BCUT2D eigenvalue weighted by molar-refractivity contribution is 7.92. The first-order chi connectivity index (χ1) is 14.4. The number of nitrogen functional groups attached to an aromatic ring is 1. The van der Waals surface area contributed by atoms with E-state index in [4.69, 9.17) is 28.9 Å². The van der Waals surface area contributed by atoms with Crippen LogP contribution in [0.4, 0.5) is 24.7 Å². The van der Waals surface area contributed by atoms with Crippen molar-refractivity contribution in [3.8, 4) is 0 Å². The number of carbonyl (C=O) groups is 1. The molecule has 13 heteroatoms. The van der Waals surface area contributed by atoms with Crippen molar-refractivity contribution in [2.24, 2.45) is 0 Å². The van der Waals surface area contributed by atoms with Gasteiger partial charge in [0.1, 0.15) is 11.5 Å². The highest BCUT2D eigenvalue weighted by Gasteiger charge is 2.34. The number of aromatic nitrogens is 2. The second-order valence-corrected chi connectivity index (χ2v) is 8.59. The van der Waals surface area contributed by atoms with Crippen molar-refractivity contribution in [1.82, 2.24) is 9.97 Å². The van der Waals surface area contributed by atoms with E-state index < -0.39 is 37.5 Å². The molecule has 0 atom stereocenters. The van der Waals surface area contributed by atoms with E-state index in [0.29, 0.717) is 6.07 Å². The first kappa shape index (κ1) is 22.8. The zero-order valence-electron chi connectivity index (χ0n) is 15.1. The number of pyridine rings is 2. The summed E-state index contributed by atoms with van der Waals surface area (Å²) in [6.45, 7) is 0. The normalized spacial score (nSPS) is 11.9. The summed E-state index contributed by atoms with van der Waals surface area (Å²) >= 11 is 11.4. The third-order valence-corrected chi connectivity index (χ3v) is 5.85. The predicted molar refractivity (Wildman–Crippen MR) is 109 cm³/mol. The van der Waals surface area contributed by atoms with Gasteiger partial charge < -0.3 is 5.73 Å². The van der Waals surface area contributed by atoms with Gasteiger partial charge in [-0.1, -0.05) is 23.2 Å². The van der Waals surface area contributed by atoms with Crippen LogP contribution in [0.25, 0.3) is 0 Å². The molecule has 2 aromatic heterocycles. The standard InChI is InChI=1S/C18H11Cl2F3N4O3S/c19-9-6-14(15(26-8-9)16(28)11-2-1-5-25-17(11)24)27-31(29,30)10-3-4-13(20)12(7-10)18(21,22)23/h1-8,27H,(H2,24,25). The molecule has 0 aliphatic rings. The largest absolute Gasteiger partial charge is 0.417 e. The lowest BCUT2D eigenvalue weighted by Gasteiger charge is -2.14. The SMILES string of the molecule is Nc1ncccc1C(=O)c1ncc(Cl)cc1NS(=O)(=O)c1ccc(Cl)c(C(F)(F)F)c1. The molecule has 1 aromatic carbocycles. The van der Waals surface area contributed by atoms with E-state index in [9.17, 15) is 26.4 Å². The topological polar surface area (TPSA) is 115 Å². The summed E-state index contributed by atoms with van der Waals surface area (Å²) in [6.07, 6.45) is -2.42. The fourth-order valence-corrected chi connectivity index (χ4v) is 3.99. The van der Waals surface area contributed by atoms with E-state index in [0.717, 1.165) is 24.4 Å². The molecule has 0 aliphatic heterocycles. The molecule has 3 aromatic rings. The maximum atomic E-state index is 13.1. The summed E-state index contributed by atoms with van der Waals surface area (Å²) in [4.78, 5) is 19.7. The molecular weight excluding hydrogens is 480 g/mol. The summed E-state index contributed by atoms with van der Waals surface area (Å²) in [6, 6.07) is 5.95. The highest BCUT2D eigenvalue weighted by Crippen LogP contribution is 2.36. The van der Waals surface area contributed by atoms with Crippen LogP contribution in [0.1, 0.15) is 21.6 Å². The van der Waals surface area contributed by atoms with Gasteiger partial charge in [-0.2, -0.15) is 13.2 Å². The average Bonchev–Trinajstić information content (AvgIpc) is 2.67. The van der Waals surface area contributed by atoms with Gasteiger partial charge in [-0.15, -0.1) is 0 Å². The number of nitrogens with zero attached hydrogens (tertiary/aromatic N) is 2. The maximum Gasteiger partial charge on any atom is 0.417 e. The lowest BCUT2D eigenvalue weighted by Crippen LogP contribution is -2.18. The van der Waals surface area contributed by atoms with E-state index in [1.54, 1.807) is 0 Å². The molecular formula is C18H11Cl2F3N4O3S. The molecule has 2 heterocycles.